The number of likely N-dealkylation sites (tertiary alicyclic amines) is 1. The summed E-state index contributed by atoms with van der Waals surface area (Å²) >= 11 is 0. The Bertz CT molecular complexity index is 962. The molecule has 6 rings (SSSR count). The second-order valence-corrected chi connectivity index (χ2v) is 9.52. The maximum Gasteiger partial charge on any atom is 0.326 e. The van der Waals surface area contributed by atoms with E-state index in [0.717, 1.165) is 46.4 Å². The first-order chi connectivity index (χ1) is 16.1. The zero-order valence-electron chi connectivity index (χ0n) is 19.2. The van der Waals surface area contributed by atoms with Gasteiger partial charge in [-0.25, -0.2) is 0 Å². The molecule has 1 heterocycles. The molecule has 2 aromatic rings. The highest BCUT2D eigenvalue weighted by Gasteiger charge is 2.61. The smallest absolute Gasteiger partial charge is 0.326 e. The molecule has 1 fully saturated rings. The Morgan fingerprint density at radius 1 is 0.758 bits per heavy atom. The van der Waals surface area contributed by atoms with Gasteiger partial charge >= 0.3 is 5.97 Å². The van der Waals surface area contributed by atoms with Crippen molar-refractivity contribution in [1.82, 2.24) is 4.90 Å². The molecule has 0 aromatic heterocycles. The molecule has 0 radical (unpaired) electrons. The maximum atomic E-state index is 13.5. The van der Waals surface area contributed by atoms with Gasteiger partial charge in [-0.3, -0.25) is 19.3 Å². The number of hydrogen-bond acceptors (Lipinski definition) is 4. The number of unbranched alkanes of at least 4 members (excludes halogenated alkanes) is 5. The Morgan fingerprint density at radius 2 is 1.21 bits per heavy atom. The molecule has 1 saturated heterocycles. The van der Waals surface area contributed by atoms with Gasteiger partial charge in [0, 0.05) is 11.8 Å². The number of benzene rings is 2. The van der Waals surface area contributed by atoms with E-state index in [4.69, 9.17) is 4.74 Å². The first-order valence-electron chi connectivity index (χ1n) is 12.3. The summed E-state index contributed by atoms with van der Waals surface area (Å²) in [7, 11) is 0. The van der Waals surface area contributed by atoms with Crippen LogP contribution in [0.3, 0.4) is 0 Å². The Labute approximate surface area is 195 Å². The molecule has 2 aromatic carbocycles. The van der Waals surface area contributed by atoms with Crippen molar-refractivity contribution < 1.29 is 19.1 Å². The summed E-state index contributed by atoms with van der Waals surface area (Å²) in [6.07, 6.45) is 6.62. The Kier molecular flexibility index (Phi) is 6.05. The Balaban J connectivity index is 1.30. The first kappa shape index (κ1) is 21.9. The fourth-order valence-electron chi connectivity index (χ4n) is 6.14. The average Bonchev–Trinajstić information content (AvgIpc) is 3.09. The molecule has 0 spiro atoms. The number of hydrogen-bond donors (Lipinski definition) is 0. The molecule has 3 aliphatic carbocycles. The summed E-state index contributed by atoms with van der Waals surface area (Å²) in [4.78, 5) is 40.6. The van der Waals surface area contributed by atoms with Gasteiger partial charge in [-0.05, 0) is 28.7 Å². The number of carbonyl (C=O) groups excluding carboxylic acids is 3. The predicted octanol–water partition coefficient (Wildman–Crippen LogP) is 4.78. The van der Waals surface area contributed by atoms with E-state index in [9.17, 15) is 14.4 Å². The van der Waals surface area contributed by atoms with Gasteiger partial charge in [-0.1, -0.05) is 87.6 Å². The fourth-order valence-corrected chi connectivity index (χ4v) is 6.14. The van der Waals surface area contributed by atoms with Crippen LogP contribution in [0.25, 0.3) is 0 Å². The number of carbonyl (C=O) groups is 3. The summed E-state index contributed by atoms with van der Waals surface area (Å²) in [5, 5.41) is 0. The van der Waals surface area contributed by atoms with Gasteiger partial charge < -0.3 is 4.74 Å². The summed E-state index contributed by atoms with van der Waals surface area (Å²) in [6.45, 7) is 2.24. The number of imide groups is 1. The van der Waals surface area contributed by atoms with Crippen molar-refractivity contribution in [2.45, 2.75) is 57.3 Å². The molecule has 0 unspecified atom stereocenters. The highest BCUT2D eigenvalue weighted by atomic mass is 16.5. The second kappa shape index (κ2) is 9.12. The lowest BCUT2D eigenvalue weighted by Crippen LogP contribution is -2.41. The quantitative estimate of drug-likeness (QED) is 0.317. The lowest BCUT2D eigenvalue weighted by Gasteiger charge is -2.45. The molecule has 5 nitrogen and oxygen atoms in total. The summed E-state index contributed by atoms with van der Waals surface area (Å²) in [5.74, 6) is -2.15. The van der Waals surface area contributed by atoms with Gasteiger partial charge in [0.05, 0.1) is 18.4 Å². The van der Waals surface area contributed by atoms with Crippen molar-refractivity contribution in [1.29, 1.82) is 0 Å². The molecule has 0 saturated carbocycles. The minimum Gasteiger partial charge on any atom is -0.464 e. The largest absolute Gasteiger partial charge is 0.464 e. The van der Waals surface area contributed by atoms with E-state index < -0.39 is 17.8 Å². The molecule has 33 heavy (non-hydrogen) atoms. The third kappa shape index (κ3) is 3.68. The van der Waals surface area contributed by atoms with Crippen molar-refractivity contribution >= 4 is 17.8 Å². The van der Waals surface area contributed by atoms with Crippen LogP contribution in [0.5, 0.6) is 0 Å². The Morgan fingerprint density at radius 3 is 1.70 bits per heavy atom. The van der Waals surface area contributed by atoms with Gasteiger partial charge in [0.15, 0.2) is 0 Å². The number of rotatable bonds is 9. The van der Waals surface area contributed by atoms with Gasteiger partial charge in [-0.2, -0.15) is 0 Å². The van der Waals surface area contributed by atoms with Crippen LogP contribution in [-0.4, -0.2) is 35.8 Å². The van der Waals surface area contributed by atoms with E-state index in [1.807, 2.05) is 24.3 Å². The molecule has 172 valence electrons. The van der Waals surface area contributed by atoms with E-state index in [1.54, 1.807) is 0 Å². The molecule has 2 atom stereocenters. The summed E-state index contributed by atoms with van der Waals surface area (Å²) in [5.41, 5.74) is 4.54. The second-order valence-electron chi connectivity index (χ2n) is 9.52. The van der Waals surface area contributed by atoms with Gasteiger partial charge in [0.1, 0.15) is 6.54 Å². The van der Waals surface area contributed by atoms with Crippen molar-refractivity contribution in [3.8, 4) is 0 Å². The van der Waals surface area contributed by atoms with Crippen LogP contribution < -0.4 is 0 Å². The van der Waals surface area contributed by atoms with Crippen molar-refractivity contribution in [2.75, 3.05) is 13.2 Å². The lowest BCUT2D eigenvalue weighted by atomic mass is 9.55. The maximum absolute atomic E-state index is 13.5. The van der Waals surface area contributed by atoms with Gasteiger partial charge in [-0.15, -0.1) is 0 Å². The van der Waals surface area contributed by atoms with E-state index in [1.165, 1.54) is 19.3 Å². The predicted molar refractivity (Wildman–Crippen MR) is 125 cm³/mol. The molecule has 1 aliphatic heterocycles. The number of esters is 1. The van der Waals surface area contributed by atoms with E-state index in [0.29, 0.717) is 6.61 Å². The molecule has 4 aliphatic rings. The van der Waals surface area contributed by atoms with E-state index in [-0.39, 0.29) is 30.2 Å². The zero-order valence-corrected chi connectivity index (χ0v) is 19.2. The van der Waals surface area contributed by atoms with Gasteiger partial charge in [0.25, 0.3) is 0 Å². The average molecular weight is 446 g/mol. The van der Waals surface area contributed by atoms with Crippen LogP contribution in [0.1, 0.15) is 79.5 Å². The lowest BCUT2D eigenvalue weighted by molar-refractivity contribution is -0.153. The minimum atomic E-state index is -0.494. The van der Waals surface area contributed by atoms with Crippen LogP contribution in [0, 0.1) is 11.8 Å². The molecule has 0 N–H and O–H groups in total. The van der Waals surface area contributed by atoms with E-state index in [2.05, 4.69) is 31.2 Å². The standard InChI is InChI=1S/C28H31NO4/c1-2-3-4-5-6-11-16-33-22(30)17-29-27(31)25-23-18-12-7-8-13-19(18)24(26(25)28(29)32)21-15-10-9-14-20(21)23/h7-10,12-15,23-26H,2-6,11,16-17H2,1H3/t23?,24?,25-,26-/m1/s1. The molecule has 5 heteroatoms. The van der Waals surface area contributed by atoms with Crippen LogP contribution >= 0.6 is 0 Å². The summed E-state index contributed by atoms with van der Waals surface area (Å²) < 4.78 is 5.37. The van der Waals surface area contributed by atoms with Crippen molar-refractivity contribution in [2.24, 2.45) is 11.8 Å². The third-order valence-electron chi connectivity index (χ3n) is 7.59. The van der Waals surface area contributed by atoms with Crippen LogP contribution in [0.2, 0.25) is 0 Å². The van der Waals surface area contributed by atoms with Crippen LogP contribution in [-0.2, 0) is 19.1 Å². The number of amides is 2. The minimum absolute atomic E-state index is 0.145. The third-order valence-corrected chi connectivity index (χ3v) is 7.59. The highest BCUT2D eigenvalue weighted by Crippen LogP contribution is 2.60. The van der Waals surface area contributed by atoms with Crippen LogP contribution in [0.4, 0.5) is 0 Å². The molecular formula is C28H31NO4. The monoisotopic (exact) mass is 445 g/mol. The van der Waals surface area contributed by atoms with Crippen molar-refractivity contribution in [3.05, 3.63) is 70.8 Å². The molecular weight excluding hydrogens is 414 g/mol. The number of ether oxygens (including phenoxy) is 1. The molecule has 2 bridgehead atoms. The number of nitrogens with zero attached hydrogens (tertiary/aromatic N) is 1. The SMILES string of the molecule is CCCCCCCCOC(=O)CN1C(=O)[C@@H]2C3c4ccccc4C(c4ccccc43)[C@H]2C1=O. The fraction of sp³-hybridized carbons (Fsp3) is 0.464. The zero-order chi connectivity index (χ0) is 22.9. The Hall–Kier alpha value is -2.95. The van der Waals surface area contributed by atoms with Crippen LogP contribution in [0.15, 0.2) is 48.5 Å². The van der Waals surface area contributed by atoms with Crippen molar-refractivity contribution in [3.63, 3.8) is 0 Å². The highest BCUT2D eigenvalue weighted by molar-refractivity contribution is 6.09. The van der Waals surface area contributed by atoms with E-state index >= 15 is 0 Å². The normalized spacial score (nSPS) is 24.5. The topological polar surface area (TPSA) is 63.7 Å². The van der Waals surface area contributed by atoms with Gasteiger partial charge in [0.2, 0.25) is 11.8 Å². The molecule has 2 amide bonds. The summed E-state index contributed by atoms with van der Waals surface area (Å²) in [6, 6.07) is 16.3. The first-order valence-corrected chi connectivity index (χ1v) is 12.3.